The van der Waals surface area contributed by atoms with E-state index in [-0.39, 0.29) is 16.8 Å². The minimum atomic E-state index is -3.56. The van der Waals surface area contributed by atoms with Crippen LogP contribution in [0.15, 0.2) is 57.9 Å². The van der Waals surface area contributed by atoms with Gasteiger partial charge < -0.3 is 5.32 Å². The number of halogens is 1. The molecule has 2 rings (SSSR count). The Labute approximate surface area is 150 Å². The van der Waals surface area contributed by atoms with Crippen molar-refractivity contribution in [1.29, 1.82) is 0 Å². The summed E-state index contributed by atoms with van der Waals surface area (Å²) in [5.74, 6) is -0.295. The third kappa shape index (κ3) is 4.90. The molecule has 0 bridgehead atoms. The van der Waals surface area contributed by atoms with Crippen LogP contribution in [0.1, 0.15) is 30.6 Å². The van der Waals surface area contributed by atoms with Gasteiger partial charge in [0.1, 0.15) is 0 Å². The van der Waals surface area contributed by atoms with Gasteiger partial charge in [-0.25, -0.2) is 13.1 Å². The number of sulfonamides is 1. The number of carbonyl (C=O) groups is 1. The lowest BCUT2D eigenvalue weighted by molar-refractivity contribution is 0.102. The lowest BCUT2D eigenvalue weighted by atomic mass is 10.2. The van der Waals surface area contributed by atoms with Crippen molar-refractivity contribution in [2.75, 3.05) is 5.32 Å². The van der Waals surface area contributed by atoms with Crippen molar-refractivity contribution < 1.29 is 13.2 Å². The van der Waals surface area contributed by atoms with Crippen molar-refractivity contribution >= 4 is 37.5 Å². The molecule has 2 aromatic carbocycles. The molecule has 1 amide bonds. The monoisotopic (exact) mass is 410 g/mol. The zero-order valence-electron chi connectivity index (χ0n) is 13.4. The quantitative estimate of drug-likeness (QED) is 0.760. The second-order valence-electron chi connectivity index (χ2n) is 5.42. The Kier molecular flexibility index (Phi) is 6.15. The van der Waals surface area contributed by atoms with E-state index in [1.165, 1.54) is 24.3 Å². The predicted octanol–water partition coefficient (Wildman–Crippen LogP) is 3.78. The molecule has 0 aliphatic rings. The molecule has 128 valence electrons. The zero-order valence-corrected chi connectivity index (χ0v) is 15.8. The Bertz CT molecular complexity index is 803. The van der Waals surface area contributed by atoms with Crippen molar-refractivity contribution in [2.45, 2.75) is 31.2 Å². The number of amides is 1. The Hall–Kier alpha value is -1.70. The fraction of sp³-hybridized carbons (Fsp3) is 0.235. The van der Waals surface area contributed by atoms with E-state index in [1.807, 2.05) is 19.1 Å². The van der Waals surface area contributed by atoms with E-state index in [1.54, 1.807) is 19.1 Å². The molecule has 0 aromatic heterocycles. The molecule has 2 N–H and O–H groups in total. The van der Waals surface area contributed by atoms with Gasteiger partial charge in [-0.2, -0.15) is 0 Å². The Morgan fingerprint density at radius 3 is 2.21 bits per heavy atom. The molecule has 0 saturated heterocycles. The van der Waals surface area contributed by atoms with Crippen molar-refractivity contribution in [3.05, 3.63) is 58.6 Å². The van der Waals surface area contributed by atoms with Gasteiger partial charge in [0.2, 0.25) is 10.0 Å². The Morgan fingerprint density at radius 2 is 1.67 bits per heavy atom. The molecule has 0 fully saturated rings. The standard InChI is InChI=1S/C17H19BrN2O3S/c1-3-12(2)20-24(22,23)16-10-4-13(5-11-16)17(21)19-15-8-6-14(18)7-9-15/h4-12,20H,3H2,1-2H3,(H,19,21). The van der Waals surface area contributed by atoms with Crippen LogP contribution >= 0.6 is 15.9 Å². The minimum absolute atomic E-state index is 0.142. The van der Waals surface area contributed by atoms with Gasteiger partial charge in [0.25, 0.3) is 5.91 Å². The number of rotatable bonds is 6. The fourth-order valence-electron chi connectivity index (χ4n) is 1.94. The highest BCUT2D eigenvalue weighted by molar-refractivity contribution is 9.10. The van der Waals surface area contributed by atoms with E-state index in [0.717, 1.165) is 4.47 Å². The van der Waals surface area contributed by atoms with Crippen molar-refractivity contribution in [3.8, 4) is 0 Å². The highest BCUT2D eigenvalue weighted by Crippen LogP contribution is 2.16. The fourth-order valence-corrected chi connectivity index (χ4v) is 3.53. The summed E-state index contributed by atoms with van der Waals surface area (Å²) in [6.07, 6.45) is 0.701. The summed E-state index contributed by atoms with van der Waals surface area (Å²) < 4.78 is 27.9. The zero-order chi connectivity index (χ0) is 17.7. The average molecular weight is 411 g/mol. The van der Waals surface area contributed by atoms with Crippen LogP contribution < -0.4 is 10.0 Å². The first-order valence-electron chi connectivity index (χ1n) is 7.51. The number of carbonyl (C=O) groups excluding carboxylic acids is 1. The molecule has 7 heteroatoms. The van der Waals surface area contributed by atoms with Crippen LogP contribution in [0.4, 0.5) is 5.69 Å². The van der Waals surface area contributed by atoms with Crippen LogP contribution in [0.3, 0.4) is 0 Å². The van der Waals surface area contributed by atoms with Crippen molar-refractivity contribution in [1.82, 2.24) is 4.72 Å². The summed E-state index contributed by atoms with van der Waals surface area (Å²) in [5.41, 5.74) is 1.05. The molecule has 0 spiro atoms. The third-order valence-electron chi connectivity index (χ3n) is 3.50. The molecule has 0 radical (unpaired) electrons. The maximum Gasteiger partial charge on any atom is 0.255 e. The topological polar surface area (TPSA) is 75.3 Å². The van der Waals surface area contributed by atoms with Gasteiger partial charge in [-0.3, -0.25) is 4.79 Å². The van der Waals surface area contributed by atoms with Crippen molar-refractivity contribution in [3.63, 3.8) is 0 Å². The first-order chi connectivity index (χ1) is 11.3. The number of benzene rings is 2. The van der Waals surface area contributed by atoms with E-state index >= 15 is 0 Å². The van der Waals surface area contributed by atoms with Crippen LogP contribution in [0.5, 0.6) is 0 Å². The van der Waals surface area contributed by atoms with E-state index in [2.05, 4.69) is 26.0 Å². The molecule has 0 heterocycles. The highest BCUT2D eigenvalue weighted by atomic mass is 79.9. The van der Waals surface area contributed by atoms with Gasteiger partial charge in [-0.1, -0.05) is 22.9 Å². The van der Waals surface area contributed by atoms with Crippen molar-refractivity contribution in [2.24, 2.45) is 0 Å². The summed E-state index contributed by atoms with van der Waals surface area (Å²) in [6.45, 7) is 3.71. The first-order valence-corrected chi connectivity index (χ1v) is 9.78. The molecule has 2 aromatic rings. The van der Waals surface area contributed by atoms with Crippen LogP contribution in [-0.4, -0.2) is 20.4 Å². The second kappa shape index (κ2) is 7.92. The summed E-state index contributed by atoms with van der Waals surface area (Å²) in [4.78, 5) is 12.3. The summed E-state index contributed by atoms with van der Waals surface area (Å²) in [6, 6.07) is 12.9. The van der Waals surface area contributed by atoms with E-state index in [0.29, 0.717) is 17.7 Å². The number of nitrogens with one attached hydrogen (secondary N) is 2. The maximum atomic E-state index is 12.2. The van der Waals surface area contributed by atoms with Gasteiger partial charge in [0.05, 0.1) is 4.90 Å². The molecule has 0 aliphatic carbocycles. The molecule has 5 nitrogen and oxygen atoms in total. The van der Waals surface area contributed by atoms with Gasteiger partial charge in [0, 0.05) is 21.8 Å². The van der Waals surface area contributed by atoms with Crippen LogP contribution in [-0.2, 0) is 10.0 Å². The molecular weight excluding hydrogens is 392 g/mol. The number of hydrogen-bond acceptors (Lipinski definition) is 3. The summed E-state index contributed by atoms with van der Waals surface area (Å²) >= 11 is 3.33. The lowest BCUT2D eigenvalue weighted by Crippen LogP contribution is -2.32. The van der Waals surface area contributed by atoms with Gasteiger partial charge in [-0.15, -0.1) is 0 Å². The van der Waals surface area contributed by atoms with Crippen LogP contribution in [0, 0.1) is 0 Å². The molecular formula is C17H19BrN2O3S. The highest BCUT2D eigenvalue weighted by Gasteiger charge is 2.17. The van der Waals surface area contributed by atoms with E-state index in [4.69, 9.17) is 0 Å². The van der Waals surface area contributed by atoms with E-state index < -0.39 is 10.0 Å². The first kappa shape index (κ1) is 18.6. The van der Waals surface area contributed by atoms with Gasteiger partial charge in [0.15, 0.2) is 0 Å². The second-order valence-corrected chi connectivity index (χ2v) is 8.05. The van der Waals surface area contributed by atoms with Crippen LogP contribution in [0.2, 0.25) is 0 Å². The Balaban J connectivity index is 2.11. The SMILES string of the molecule is CCC(C)NS(=O)(=O)c1ccc(C(=O)Nc2ccc(Br)cc2)cc1. The number of hydrogen-bond donors (Lipinski definition) is 2. The molecule has 1 atom stereocenters. The van der Waals surface area contributed by atoms with Crippen LogP contribution in [0.25, 0.3) is 0 Å². The van der Waals surface area contributed by atoms with Gasteiger partial charge >= 0.3 is 0 Å². The van der Waals surface area contributed by atoms with Gasteiger partial charge in [-0.05, 0) is 61.9 Å². The maximum absolute atomic E-state index is 12.2. The average Bonchev–Trinajstić information content (AvgIpc) is 2.56. The normalized spacial score (nSPS) is 12.6. The predicted molar refractivity (Wildman–Crippen MR) is 98.6 cm³/mol. The smallest absolute Gasteiger partial charge is 0.255 e. The Morgan fingerprint density at radius 1 is 1.08 bits per heavy atom. The minimum Gasteiger partial charge on any atom is -0.322 e. The third-order valence-corrected chi connectivity index (χ3v) is 5.63. The summed E-state index contributed by atoms with van der Waals surface area (Å²) in [5, 5.41) is 2.76. The molecule has 0 aliphatic heterocycles. The van der Waals surface area contributed by atoms with E-state index in [9.17, 15) is 13.2 Å². The lowest BCUT2D eigenvalue weighted by Gasteiger charge is -2.12. The molecule has 1 unspecified atom stereocenters. The number of anilines is 1. The largest absolute Gasteiger partial charge is 0.322 e. The molecule has 24 heavy (non-hydrogen) atoms. The molecule has 0 saturated carbocycles. The summed E-state index contributed by atoms with van der Waals surface area (Å²) in [7, 11) is -3.56.